The van der Waals surface area contributed by atoms with Crippen molar-refractivity contribution in [2.45, 2.75) is 44.7 Å². The summed E-state index contributed by atoms with van der Waals surface area (Å²) < 4.78 is 1.48. The van der Waals surface area contributed by atoms with Gasteiger partial charge in [-0.05, 0) is 73.0 Å². The highest BCUT2D eigenvalue weighted by Crippen LogP contribution is 2.20. The molecule has 2 atom stereocenters. The summed E-state index contributed by atoms with van der Waals surface area (Å²) in [6.07, 6.45) is 7.13. The average molecular weight is 507 g/mol. The van der Waals surface area contributed by atoms with Gasteiger partial charge in [0.1, 0.15) is 6.33 Å². The summed E-state index contributed by atoms with van der Waals surface area (Å²) in [7, 11) is 0. The van der Waals surface area contributed by atoms with Crippen molar-refractivity contribution >= 4 is 35.2 Å². The number of hydrogen-bond donors (Lipinski definition) is 2. The second kappa shape index (κ2) is 11.8. The zero-order valence-corrected chi connectivity index (χ0v) is 20.6. The molecule has 0 radical (unpaired) electrons. The van der Waals surface area contributed by atoms with Crippen molar-refractivity contribution in [3.8, 4) is 5.69 Å². The van der Waals surface area contributed by atoms with Gasteiger partial charge in [-0.3, -0.25) is 14.4 Å². The molecule has 0 aliphatic carbocycles. The van der Waals surface area contributed by atoms with Gasteiger partial charge in [-0.2, -0.15) is 4.68 Å². The van der Waals surface area contributed by atoms with Gasteiger partial charge in [-0.25, -0.2) is 0 Å². The van der Waals surface area contributed by atoms with Gasteiger partial charge >= 0.3 is 0 Å². The molecule has 0 spiro atoms. The van der Waals surface area contributed by atoms with E-state index in [1.165, 1.54) is 24.0 Å². The number of nitrogens with one attached hydrogen (secondary N) is 2. The molecule has 1 aliphatic rings. The molecule has 2 aromatic carbocycles. The molecule has 3 aromatic rings. The summed E-state index contributed by atoms with van der Waals surface area (Å²) in [5.41, 5.74) is 2.70. The van der Waals surface area contributed by atoms with Gasteiger partial charge in [0.25, 0.3) is 0 Å². The number of ketones is 2. The molecule has 10 heteroatoms. The fourth-order valence-corrected chi connectivity index (χ4v) is 4.40. The molecule has 2 N–H and O–H groups in total. The highest BCUT2D eigenvalue weighted by molar-refractivity contribution is 6.30. The molecule has 0 unspecified atom stereocenters. The van der Waals surface area contributed by atoms with Crippen molar-refractivity contribution in [1.82, 2.24) is 30.8 Å². The first kappa shape index (κ1) is 25.4. The van der Waals surface area contributed by atoms with E-state index in [4.69, 9.17) is 11.6 Å². The maximum atomic E-state index is 13.2. The van der Waals surface area contributed by atoms with Crippen LogP contribution in [-0.2, 0) is 16.0 Å². The largest absolute Gasteiger partial charge is 0.343 e. The van der Waals surface area contributed by atoms with E-state index in [-0.39, 0.29) is 29.9 Å². The Morgan fingerprint density at radius 2 is 2.03 bits per heavy atom. The summed E-state index contributed by atoms with van der Waals surface area (Å²) >= 11 is 6.15. The number of carbonyl (C=O) groups excluding carboxylic acids is 3. The Bertz CT molecular complexity index is 1250. The first-order chi connectivity index (χ1) is 17.4. The molecule has 0 saturated carbocycles. The van der Waals surface area contributed by atoms with Crippen LogP contribution in [0.2, 0.25) is 5.02 Å². The minimum Gasteiger partial charge on any atom is -0.343 e. The van der Waals surface area contributed by atoms with Gasteiger partial charge in [-0.1, -0.05) is 35.9 Å². The van der Waals surface area contributed by atoms with Crippen LogP contribution in [0.1, 0.15) is 47.7 Å². The Hall–Kier alpha value is -3.69. The molecular weight excluding hydrogens is 480 g/mol. The number of amides is 1. The van der Waals surface area contributed by atoms with Crippen LogP contribution in [0.3, 0.4) is 0 Å². The van der Waals surface area contributed by atoms with Crippen molar-refractivity contribution in [1.29, 1.82) is 0 Å². The van der Waals surface area contributed by atoms with Crippen molar-refractivity contribution in [2.75, 3.05) is 6.54 Å². The minimum atomic E-state index is -0.649. The molecule has 0 bridgehead atoms. The maximum Gasteiger partial charge on any atom is 0.244 e. The molecule has 2 heterocycles. The van der Waals surface area contributed by atoms with Crippen LogP contribution in [0.15, 0.2) is 54.9 Å². The van der Waals surface area contributed by atoms with E-state index in [2.05, 4.69) is 26.2 Å². The molecule has 186 valence electrons. The quantitative estimate of drug-likeness (QED) is 0.320. The number of benzene rings is 2. The minimum absolute atomic E-state index is 0.0277. The van der Waals surface area contributed by atoms with Crippen LogP contribution in [0.25, 0.3) is 11.8 Å². The van der Waals surface area contributed by atoms with E-state index in [1.54, 1.807) is 48.5 Å². The normalized spacial score (nSPS) is 16.2. The summed E-state index contributed by atoms with van der Waals surface area (Å²) in [5.74, 6) is -0.501. The summed E-state index contributed by atoms with van der Waals surface area (Å²) in [6, 6.07) is 11.7. The van der Waals surface area contributed by atoms with Crippen molar-refractivity contribution in [2.24, 2.45) is 0 Å². The molecule has 9 nitrogen and oxygen atoms in total. The Morgan fingerprint density at radius 1 is 1.22 bits per heavy atom. The van der Waals surface area contributed by atoms with E-state index in [0.29, 0.717) is 28.3 Å². The second-order valence-corrected chi connectivity index (χ2v) is 9.21. The Kier molecular flexibility index (Phi) is 8.35. The number of halogens is 1. The molecule has 1 amide bonds. The molecule has 1 aliphatic heterocycles. The number of nitrogens with zero attached hydrogens (tertiary/aromatic N) is 4. The van der Waals surface area contributed by atoms with E-state index in [0.717, 1.165) is 24.9 Å². The van der Waals surface area contributed by atoms with Crippen LogP contribution >= 0.6 is 11.6 Å². The SMILES string of the molecule is CC(=O)c1ccc(CC(=O)[C@H](C[C@H]2CCCN2)NC(=O)/C=C/c2cc(Cl)ccc2-n2cnnn2)cc1. The standard InChI is InChI=1S/C26H27ClN6O3/c1-17(34)19-6-4-18(5-7-19)13-25(35)23(15-22-3-2-12-28-22)30-26(36)11-8-20-14-21(27)9-10-24(20)33-16-29-31-32-33/h4-11,14,16,22-23,28H,2-3,12-13,15H2,1H3,(H,30,36)/b11-8+/t22-,23+/m1/s1. The third kappa shape index (κ3) is 6.71. The number of hydrogen-bond acceptors (Lipinski definition) is 7. The van der Waals surface area contributed by atoms with Crippen molar-refractivity contribution in [3.63, 3.8) is 0 Å². The smallest absolute Gasteiger partial charge is 0.244 e. The summed E-state index contributed by atoms with van der Waals surface area (Å²) in [6.45, 7) is 2.41. The van der Waals surface area contributed by atoms with Crippen molar-refractivity contribution < 1.29 is 14.4 Å². The fourth-order valence-electron chi connectivity index (χ4n) is 4.22. The average Bonchev–Trinajstić information content (AvgIpc) is 3.57. The van der Waals surface area contributed by atoms with Gasteiger partial charge in [-0.15, -0.1) is 5.10 Å². The van der Waals surface area contributed by atoms with Crippen molar-refractivity contribution in [3.05, 3.63) is 76.6 Å². The van der Waals surface area contributed by atoms with Gasteiger partial charge in [0.15, 0.2) is 11.6 Å². The van der Waals surface area contributed by atoms with Gasteiger partial charge in [0, 0.05) is 34.7 Å². The lowest BCUT2D eigenvalue weighted by Crippen LogP contribution is -2.44. The van der Waals surface area contributed by atoms with E-state index < -0.39 is 6.04 Å². The Balaban J connectivity index is 1.47. The second-order valence-electron chi connectivity index (χ2n) is 8.78. The number of Topliss-reactive ketones (excluding diaryl/α,β-unsaturated/α-hetero) is 2. The monoisotopic (exact) mass is 506 g/mol. The first-order valence-corrected chi connectivity index (χ1v) is 12.1. The molecule has 1 saturated heterocycles. The fraction of sp³-hybridized carbons (Fsp3) is 0.308. The van der Waals surface area contributed by atoms with Gasteiger partial charge in [0.2, 0.25) is 5.91 Å². The van der Waals surface area contributed by atoms with Gasteiger partial charge in [0.05, 0.1) is 11.7 Å². The van der Waals surface area contributed by atoms with E-state index in [9.17, 15) is 14.4 Å². The Morgan fingerprint density at radius 3 is 2.69 bits per heavy atom. The lowest BCUT2D eigenvalue weighted by Gasteiger charge is -2.21. The third-order valence-electron chi connectivity index (χ3n) is 6.13. The molecule has 36 heavy (non-hydrogen) atoms. The van der Waals surface area contributed by atoms with Crippen LogP contribution < -0.4 is 10.6 Å². The highest BCUT2D eigenvalue weighted by atomic mass is 35.5. The summed E-state index contributed by atoms with van der Waals surface area (Å²) in [5, 5.41) is 18.0. The number of carbonyl (C=O) groups is 3. The molecular formula is C26H27ClN6O3. The van der Waals surface area contributed by atoms with E-state index >= 15 is 0 Å². The molecule has 4 rings (SSSR count). The number of tetrazole rings is 1. The lowest BCUT2D eigenvalue weighted by atomic mass is 9.96. The molecule has 1 aromatic heterocycles. The predicted molar refractivity (Wildman–Crippen MR) is 136 cm³/mol. The van der Waals surface area contributed by atoms with Crippen LogP contribution in [0.5, 0.6) is 0 Å². The lowest BCUT2D eigenvalue weighted by molar-refractivity contribution is -0.125. The highest BCUT2D eigenvalue weighted by Gasteiger charge is 2.26. The zero-order chi connectivity index (χ0) is 25.5. The third-order valence-corrected chi connectivity index (χ3v) is 6.36. The van der Waals surface area contributed by atoms with Crippen LogP contribution in [0.4, 0.5) is 0 Å². The topological polar surface area (TPSA) is 119 Å². The van der Waals surface area contributed by atoms with Crippen LogP contribution in [-0.4, -0.2) is 56.3 Å². The van der Waals surface area contributed by atoms with Gasteiger partial charge < -0.3 is 10.6 Å². The van der Waals surface area contributed by atoms with Crippen LogP contribution in [0, 0.1) is 0 Å². The van der Waals surface area contributed by atoms with E-state index in [1.807, 2.05) is 0 Å². The Labute approximate surface area is 213 Å². The number of aromatic nitrogens is 4. The molecule has 1 fully saturated rings. The first-order valence-electron chi connectivity index (χ1n) is 11.8. The zero-order valence-electron chi connectivity index (χ0n) is 19.9. The summed E-state index contributed by atoms with van der Waals surface area (Å²) in [4.78, 5) is 37.6. The number of rotatable bonds is 10. The maximum absolute atomic E-state index is 13.2. The predicted octanol–water partition coefficient (Wildman–Crippen LogP) is 2.97.